The van der Waals surface area contributed by atoms with E-state index in [-0.39, 0.29) is 18.1 Å². The van der Waals surface area contributed by atoms with Crippen LogP contribution in [0.5, 0.6) is 0 Å². The first-order valence-corrected chi connectivity index (χ1v) is 6.64. The number of hydrogen-bond donors (Lipinski definition) is 1. The average Bonchev–Trinajstić information content (AvgIpc) is 2.92. The number of anilines is 1. The lowest BCUT2D eigenvalue weighted by atomic mass is 10.1. The maximum absolute atomic E-state index is 12.1. The summed E-state index contributed by atoms with van der Waals surface area (Å²) in [6, 6.07) is 3.66. The van der Waals surface area contributed by atoms with Crippen LogP contribution in [-0.4, -0.2) is 43.7 Å². The van der Waals surface area contributed by atoms with Crippen LogP contribution in [-0.2, 0) is 4.74 Å². The number of aromatic nitrogens is 1. The largest absolute Gasteiger partial charge is 0.376 e. The summed E-state index contributed by atoms with van der Waals surface area (Å²) in [5.41, 5.74) is 0.579. The predicted octanol–water partition coefficient (Wildman–Crippen LogP) is 1.44. The average molecular weight is 263 g/mol. The SMILES string of the molecule is CC(NC(=O)c1ccc(N(C)C)nc1)C1CCCO1. The fourth-order valence-corrected chi connectivity index (χ4v) is 2.16. The van der Waals surface area contributed by atoms with Crippen molar-refractivity contribution < 1.29 is 9.53 Å². The van der Waals surface area contributed by atoms with Gasteiger partial charge in [0.15, 0.2) is 0 Å². The van der Waals surface area contributed by atoms with E-state index in [0.29, 0.717) is 5.56 Å². The maximum atomic E-state index is 12.1. The van der Waals surface area contributed by atoms with Crippen molar-refractivity contribution >= 4 is 11.7 Å². The van der Waals surface area contributed by atoms with E-state index in [1.54, 1.807) is 12.3 Å². The zero-order valence-electron chi connectivity index (χ0n) is 11.7. The second-order valence-electron chi connectivity index (χ2n) is 5.11. The van der Waals surface area contributed by atoms with E-state index in [9.17, 15) is 4.79 Å². The quantitative estimate of drug-likeness (QED) is 0.893. The lowest BCUT2D eigenvalue weighted by Crippen LogP contribution is -2.40. The second-order valence-corrected chi connectivity index (χ2v) is 5.11. The molecule has 0 bridgehead atoms. The van der Waals surface area contributed by atoms with Gasteiger partial charge >= 0.3 is 0 Å². The molecule has 2 atom stereocenters. The molecule has 1 fully saturated rings. The van der Waals surface area contributed by atoms with Gasteiger partial charge in [-0.2, -0.15) is 0 Å². The van der Waals surface area contributed by atoms with Crippen LogP contribution in [0, 0.1) is 0 Å². The van der Waals surface area contributed by atoms with E-state index >= 15 is 0 Å². The highest BCUT2D eigenvalue weighted by Crippen LogP contribution is 2.16. The van der Waals surface area contributed by atoms with Gasteiger partial charge < -0.3 is 15.0 Å². The fourth-order valence-electron chi connectivity index (χ4n) is 2.16. The molecule has 0 spiro atoms. The minimum atomic E-state index is -0.0965. The predicted molar refractivity (Wildman–Crippen MR) is 74.5 cm³/mol. The number of ether oxygens (including phenoxy) is 1. The molecule has 1 aromatic heterocycles. The van der Waals surface area contributed by atoms with Gasteiger partial charge in [0.2, 0.25) is 0 Å². The van der Waals surface area contributed by atoms with Crippen molar-refractivity contribution in [2.24, 2.45) is 0 Å². The van der Waals surface area contributed by atoms with Gasteiger partial charge in [0, 0.05) is 26.9 Å². The van der Waals surface area contributed by atoms with E-state index in [1.807, 2.05) is 32.0 Å². The Morgan fingerprint density at radius 2 is 2.32 bits per heavy atom. The molecule has 0 aromatic carbocycles. The summed E-state index contributed by atoms with van der Waals surface area (Å²) < 4.78 is 5.57. The minimum absolute atomic E-state index is 0.0310. The molecule has 19 heavy (non-hydrogen) atoms. The Hall–Kier alpha value is -1.62. The number of pyridine rings is 1. The van der Waals surface area contributed by atoms with E-state index < -0.39 is 0 Å². The molecule has 1 amide bonds. The van der Waals surface area contributed by atoms with Crippen LogP contribution in [0.2, 0.25) is 0 Å². The van der Waals surface area contributed by atoms with Crippen molar-refractivity contribution in [1.82, 2.24) is 10.3 Å². The first-order chi connectivity index (χ1) is 9.08. The van der Waals surface area contributed by atoms with Gasteiger partial charge in [0.25, 0.3) is 5.91 Å². The van der Waals surface area contributed by atoms with E-state index in [0.717, 1.165) is 25.3 Å². The third-order valence-corrected chi connectivity index (χ3v) is 3.35. The normalized spacial score (nSPS) is 20.1. The van der Waals surface area contributed by atoms with Crippen LogP contribution in [0.3, 0.4) is 0 Å². The Balaban J connectivity index is 1.95. The van der Waals surface area contributed by atoms with E-state index in [2.05, 4.69) is 10.3 Å². The molecule has 1 aliphatic rings. The van der Waals surface area contributed by atoms with Crippen LogP contribution in [0.25, 0.3) is 0 Å². The smallest absolute Gasteiger partial charge is 0.253 e. The molecule has 2 heterocycles. The molecule has 5 heteroatoms. The fraction of sp³-hybridized carbons (Fsp3) is 0.571. The Morgan fingerprint density at radius 1 is 1.53 bits per heavy atom. The van der Waals surface area contributed by atoms with E-state index in [4.69, 9.17) is 4.74 Å². The Bertz CT molecular complexity index is 425. The number of carbonyl (C=O) groups excluding carboxylic acids is 1. The Morgan fingerprint density at radius 3 is 2.84 bits per heavy atom. The third kappa shape index (κ3) is 3.44. The summed E-state index contributed by atoms with van der Waals surface area (Å²) in [6.45, 7) is 2.78. The molecule has 5 nitrogen and oxygen atoms in total. The summed E-state index contributed by atoms with van der Waals surface area (Å²) in [5.74, 6) is 0.740. The van der Waals surface area contributed by atoms with Crippen molar-refractivity contribution in [3.05, 3.63) is 23.9 Å². The van der Waals surface area contributed by atoms with E-state index in [1.165, 1.54) is 0 Å². The topological polar surface area (TPSA) is 54.5 Å². The number of rotatable bonds is 4. The van der Waals surface area contributed by atoms with Crippen LogP contribution < -0.4 is 10.2 Å². The molecule has 0 saturated carbocycles. The molecular formula is C14H21N3O2. The first-order valence-electron chi connectivity index (χ1n) is 6.64. The highest BCUT2D eigenvalue weighted by Gasteiger charge is 2.23. The molecule has 2 rings (SSSR count). The minimum Gasteiger partial charge on any atom is -0.376 e. The van der Waals surface area contributed by atoms with Gasteiger partial charge in [-0.3, -0.25) is 4.79 Å². The van der Waals surface area contributed by atoms with Crippen LogP contribution in [0.4, 0.5) is 5.82 Å². The summed E-state index contributed by atoms with van der Waals surface area (Å²) in [5, 5.41) is 2.97. The van der Waals surface area contributed by atoms with Crippen molar-refractivity contribution in [1.29, 1.82) is 0 Å². The van der Waals surface area contributed by atoms with Gasteiger partial charge in [-0.1, -0.05) is 0 Å². The molecule has 0 radical (unpaired) electrons. The number of nitrogens with zero attached hydrogens (tertiary/aromatic N) is 2. The van der Waals surface area contributed by atoms with Gasteiger partial charge in [0.05, 0.1) is 17.7 Å². The Labute approximate surface area is 114 Å². The van der Waals surface area contributed by atoms with Gasteiger partial charge in [-0.05, 0) is 31.9 Å². The maximum Gasteiger partial charge on any atom is 0.253 e. The molecule has 0 aliphatic carbocycles. The number of nitrogens with one attached hydrogen (secondary N) is 1. The molecule has 1 N–H and O–H groups in total. The zero-order valence-corrected chi connectivity index (χ0v) is 11.7. The molecule has 104 valence electrons. The van der Waals surface area contributed by atoms with Gasteiger partial charge in [0.1, 0.15) is 5.82 Å². The Kier molecular flexibility index (Phi) is 4.37. The lowest BCUT2D eigenvalue weighted by molar-refractivity contribution is 0.0712. The third-order valence-electron chi connectivity index (χ3n) is 3.35. The molecule has 1 saturated heterocycles. The first kappa shape index (κ1) is 13.8. The van der Waals surface area contributed by atoms with Gasteiger partial charge in [-0.25, -0.2) is 4.98 Å². The lowest BCUT2D eigenvalue weighted by Gasteiger charge is -2.20. The summed E-state index contributed by atoms with van der Waals surface area (Å²) in [7, 11) is 3.84. The van der Waals surface area contributed by atoms with Crippen molar-refractivity contribution in [2.45, 2.75) is 31.9 Å². The second kappa shape index (κ2) is 6.02. The van der Waals surface area contributed by atoms with Crippen LogP contribution in [0.15, 0.2) is 18.3 Å². The standard InChI is InChI=1S/C14H21N3O2/c1-10(12-5-4-8-19-12)16-14(18)11-6-7-13(15-9-11)17(2)3/h6-7,9-10,12H,4-5,8H2,1-3H3,(H,16,18). The zero-order chi connectivity index (χ0) is 13.8. The summed E-state index contributed by atoms with van der Waals surface area (Å²) in [6.07, 6.45) is 3.83. The van der Waals surface area contributed by atoms with Crippen molar-refractivity contribution in [2.75, 3.05) is 25.6 Å². The van der Waals surface area contributed by atoms with Crippen LogP contribution in [0.1, 0.15) is 30.1 Å². The molecule has 1 aliphatic heterocycles. The highest BCUT2D eigenvalue weighted by atomic mass is 16.5. The molecule has 1 aromatic rings. The number of amides is 1. The molecular weight excluding hydrogens is 242 g/mol. The van der Waals surface area contributed by atoms with Crippen molar-refractivity contribution in [3.63, 3.8) is 0 Å². The number of carbonyl (C=O) groups is 1. The van der Waals surface area contributed by atoms with Crippen LogP contribution >= 0.6 is 0 Å². The van der Waals surface area contributed by atoms with Crippen molar-refractivity contribution in [3.8, 4) is 0 Å². The summed E-state index contributed by atoms with van der Waals surface area (Å²) in [4.78, 5) is 18.2. The van der Waals surface area contributed by atoms with Gasteiger partial charge in [-0.15, -0.1) is 0 Å². The highest BCUT2D eigenvalue weighted by molar-refractivity contribution is 5.94. The monoisotopic (exact) mass is 263 g/mol. The number of hydrogen-bond acceptors (Lipinski definition) is 4. The summed E-state index contributed by atoms with van der Waals surface area (Å²) >= 11 is 0. The molecule has 2 unspecified atom stereocenters.